The fraction of sp³-hybridized carbons (Fsp3) is 0.912. The fourth-order valence-electron chi connectivity index (χ4n) is 4.74. The summed E-state index contributed by atoms with van der Waals surface area (Å²) >= 11 is -2.77. The number of carbonyl (C=O) groups excluding carboxylic acids is 3. The molecule has 6 nitrogen and oxygen atoms in total. The molecule has 0 spiro atoms. The van der Waals surface area contributed by atoms with Crippen molar-refractivity contribution >= 4 is 60.4 Å². The third-order valence-electron chi connectivity index (χ3n) is 8.09. The van der Waals surface area contributed by atoms with Crippen LogP contribution in [0.5, 0.6) is 0 Å². The predicted molar refractivity (Wildman–Crippen MR) is 196 cm³/mol. The number of rotatable bonds is 30. The van der Waals surface area contributed by atoms with Crippen molar-refractivity contribution in [1.82, 2.24) is 0 Å². The first-order valence-corrected chi connectivity index (χ1v) is 32.8. The van der Waals surface area contributed by atoms with E-state index in [1.54, 1.807) is 26.8 Å². The van der Waals surface area contributed by atoms with Gasteiger partial charge in [0.1, 0.15) is 0 Å². The van der Waals surface area contributed by atoms with Crippen molar-refractivity contribution in [2.24, 2.45) is 17.8 Å². The summed E-state index contributed by atoms with van der Waals surface area (Å²) < 4.78 is 17.1. The van der Waals surface area contributed by atoms with Gasteiger partial charge in [0.2, 0.25) is 0 Å². The number of esters is 3. The van der Waals surface area contributed by atoms with E-state index in [1.807, 2.05) is 0 Å². The van der Waals surface area contributed by atoms with Gasteiger partial charge < -0.3 is 0 Å². The van der Waals surface area contributed by atoms with E-state index in [4.69, 9.17) is 14.2 Å². The number of carbonyl (C=O) groups is 3. The van der Waals surface area contributed by atoms with Crippen LogP contribution in [0.2, 0.25) is 0 Å². The minimum absolute atomic E-state index is 0.130. The molecule has 0 aliphatic rings. The van der Waals surface area contributed by atoms with E-state index in [1.165, 1.54) is 0 Å². The summed E-state index contributed by atoms with van der Waals surface area (Å²) in [5.74, 6) is 1.33. The van der Waals surface area contributed by atoms with Crippen LogP contribution in [0.15, 0.2) is 0 Å². The molecule has 0 saturated carbocycles. The predicted octanol–water partition coefficient (Wildman–Crippen LogP) is 9.74. The molecule has 4 atom stereocenters. The second kappa shape index (κ2) is 30.6. The molecule has 0 aliphatic heterocycles. The number of hydrogen-bond acceptors (Lipinski definition) is 9. The van der Waals surface area contributed by atoms with Crippen LogP contribution in [0, 0.1) is 17.8 Å². The van der Waals surface area contributed by atoms with Gasteiger partial charge in [-0.1, -0.05) is 0 Å². The quantitative estimate of drug-likeness (QED) is 0.0306. The fourth-order valence-corrected chi connectivity index (χ4v) is 33.5. The van der Waals surface area contributed by atoms with Gasteiger partial charge in [0.25, 0.3) is 0 Å². The number of unbranched alkanes of at least 4 members (excludes halogenated alkanes) is 4. The summed E-state index contributed by atoms with van der Waals surface area (Å²) in [6, 6.07) is 0. The van der Waals surface area contributed by atoms with E-state index in [0.29, 0.717) is 37.6 Å². The summed E-state index contributed by atoms with van der Waals surface area (Å²) in [5, 5.41) is -0.251. The van der Waals surface area contributed by atoms with E-state index in [0.717, 1.165) is 96.3 Å². The van der Waals surface area contributed by atoms with E-state index >= 15 is 0 Å². The molecule has 0 saturated heterocycles. The van der Waals surface area contributed by atoms with E-state index in [9.17, 15) is 14.4 Å². The van der Waals surface area contributed by atoms with Crippen LogP contribution >= 0.6 is 26.8 Å². The molecule has 10 heteroatoms. The molecular formula is C34H66O6S3Sn. The van der Waals surface area contributed by atoms with Crippen LogP contribution in [-0.4, -0.2) is 70.1 Å². The van der Waals surface area contributed by atoms with Gasteiger partial charge in [0.05, 0.1) is 0 Å². The Morgan fingerprint density at radius 3 is 1.43 bits per heavy atom. The maximum atomic E-state index is 13.3. The van der Waals surface area contributed by atoms with Crippen LogP contribution in [0.3, 0.4) is 0 Å². The van der Waals surface area contributed by atoms with Gasteiger partial charge in [0.15, 0.2) is 0 Å². The normalized spacial score (nSPS) is 14.2. The van der Waals surface area contributed by atoms with Crippen molar-refractivity contribution in [1.29, 1.82) is 0 Å². The molecule has 0 rings (SSSR count). The van der Waals surface area contributed by atoms with E-state index < -0.39 is 15.6 Å². The van der Waals surface area contributed by atoms with Crippen molar-refractivity contribution < 1.29 is 28.6 Å². The van der Waals surface area contributed by atoms with Crippen molar-refractivity contribution in [3.05, 3.63) is 0 Å². The van der Waals surface area contributed by atoms with Crippen LogP contribution < -0.4 is 0 Å². The van der Waals surface area contributed by atoms with E-state index in [2.05, 4.69) is 48.5 Å². The summed E-state index contributed by atoms with van der Waals surface area (Å²) in [6.07, 6.45) is 15.8. The molecular weight excluding hydrogens is 719 g/mol. The first kappa shape index (κ1) is 44.3. The Morgan fingerprint density at radius 2 is 1.02 bits per heavy atom. The van der Waals surface area contributed by atoms with Crippen molar-refractivity contribution in [3.8, 4) is 0 Å². The Morgan fingerprint density at radius 1 is 0.591 bits per heavy atom. The molecule has 0 aromatic carbocycles. The number of ether oxygens (including phenoxy) is 3. The third-order valence-corrected chi connectivity index (χ3v) is 38.0. The number of hydrogen-bond donors (Lipinski definition) is 0. The van der Waals surface area contributed by atoms with Crippen molar-refractivity contribution in [3.63, 3.8) is 0 Å². The van der Waals surface area contributed by atoms with E-state index in [-0.39, 0.29) is 34.7 Å². The Hall–Kier alpha value is 0.259. The summed E-state index contributed by atoms with van der Waals surface area (Å²) in [5.41, 5.74) is 0. The summed E-state index contributed by atoms with van der Waals surface area (Å²) in [4.78, 5) is 38.9. The van der Waals surface area contributed by atoms with Crippen molar-refractivity contribution in [2.75, 3.05) is 31.3 Å². The summed E-state index contributed by atoms with van der Waals surface area (Å²) in [6.45, 7) is 16.6. The standard InChI is InChI=1S/C14H28O2S.2C10H20O2S.Sn.H/c1-4-7-9-12(6-3)11-13(17)14(15)16-10-8-5-2;2*1-3-5-6-9(4-2)7-12-10(11)8-13;;/h12-13,17H,4-11H2,1-3H3;2*9,13H,3-8H2,1-2H3;;/q;;;+3;/p-3/t12-,13-;2*9-;;/m011../s1. The molecule has 0 aromatic heterocycles. The van der Waals surface area contributed by atoms with Gasteiger partial charge in [-0.25, -0.2) is 0 Å². The van der Waals surface area contributed by atoms with Gasteiger partial charge >= 0.3 is 288 Å². The summed E-state index contributed by atoms with van der Waals surface area (Å²) in [7, 11) is 5.07. The second-order valence-corrected chi connectivity index (χ2v) is 39.2. The molecule has 260 valence electrons. The van der Waals surface area contributed by atoms with Crippen LogP contribution in [0.25, 0.3) is 0 Å². The van der Waals surface area contributed by atoms with Crippen LogP contribution in [-0.2, 0) is 28.6 Å². The molecule has 0 aromatic rings. The van der Waals surface area contributed by atoms with Crippen LogP contribution in [0.1, 0.15) is 145 Å². The molecule has 44 heavy (non-hydrogen) atoms. The zero-order valence-corrected chi connectivity index (χ0v) is 34.9. The molecule has 0 bridgehead atoms. The Balaban J connectivity index is 5.52. The first-order chi connectivity index (χ1) is 21.3. The topological polar surface area (TPSA) is 78.9 Å². The first-order valence-electron chi connectivity index (χ1n) is 17.6. The second-order valence-electron chi connectivity index (χ2n) is 11.9. The molecule has 0 N–H and O–H groups in total. The average Bonchev–Trinajstić information content (AvgIpc) is 3.03. The van der Waals surface area contributed by atoms with Gasteiger partial charge in [0, 0.05) is 0 Å². The minimum atomic E-state index is -2.77. The zero-order chi connectivity index (χ0) is 33.0. The molecule has 0 unspecified atom stereocenters. The Labute approximate surface area is 286 Å². The van der Waals surface area contributed by atoms with Gasteiger partial charge in [-0.05, 0) is 0 Å². The maximum absolute atomic E-state index is 13.3. The van der Waals surface area contributed by atoms with Crippen molar-refractivity contribution in [2.45, 2.75) is 150 Å². The molecule has 0 amide bonds. The SMILES string of the molecule is CCCCOC(=O)[C@H](C[C@@H](CC)CCCC)[S][SnH]([S]CC(=O)OC[C@H](CC)CCCC)[S]CC(=O)OC[C@H](CC)CCCC. The van der Waals surface area contributed by atoms with Crippen LogP contribution in [0.4, 0.5) is 0 Å². The molecule has 0 heterocycles. The molecule has 0 fully saturated rings. The third kappa shape index (κ3) is 23.6. The average molecular weight is 786 g/mol. The monoisotopic (exact) mass is 786 g/mol. The zero-order valence-electron chi connectivity index (χ0n) is 29.2. The Bertz CT molecular complexity index is 693. The Kier molecular flexibility index (Phi) is 30.8. The van der Waals surface area contributed by atoms with Gasteiger partial charge in [-0.3, -0.25) is 0 Å². The van der Waals surface area contributed by atoms with Gasteiger partial charge in [-0.2, -0.15) is 0 Å². The van der Waals surface area contributed by atoms with Gasteiger partial charge in [-0.15, -0.1) is 0 Å². The molecule has 0 aliphatic carbocycles. The molecule has 0 radical (unpaired) electrons.